The van der Waals surface area contributed by atoms with E-state index in [9.17, 15) is 0 Å². The first-order valence-electron chi connectivity index (χ1n) is 7.84. The van der Waals surface area contributed by atoms with Gasteiger partial charge in [0.05, 0.1) is 5.60 Å². The fraction of sp³-hybridized carbons (Fsp3) is 0.750. The first kappa shape index (κ1) is 15.0. The Hall–Kier alpha value is 0.1000. The molecule has 1 saturated heterocycles. The molecule has 2 nitrogen and oxygen atoms in total. The van der Waals surface area contributed by atoms with Gasteiger partial charge in [-0.3, -0.25) is 0 Å². The van der Waals surface area contributed by atoms with Crippen molar-refractivity contribution in [1.82, 2.24) is 5.32 Å². The Morgan fingerprint density at radius 2 is 2.30 bits per heavy atom. The number of thiophene rings is 1. The Labute approximate surface area is 134 Å². The molecule has 1 aromatic heterocycles. The molecule has 1 spiro atoms. The lowest BCUT2D eigenvalue weighted by atomic mass is 9.80. The van der Waals surface area contributed by atoms with E-state index in [0.717, 1.165) is 13.2 Å². The summed E-state index contributed by atoms with van der Waals surface area (Å²) in [6.45, 7) is 4.17. The van der Waals surface area contributed by atoms with Crippen molar-refractivity contribution in [1.29, 1.82) is 0 Å². The predicted octanol–water partition coefficient (Wildman–Crippen LogP) is 4.90. The van der Waals surface area contributed by atoms with Crippen LogP contribution in [0.25, 0.3) is 0 Å². The summed E-state index contributed by atoms with van der Waals surface area (Å²) < 4.78 is 7.46. The summed E-state index contributed by atoms with van der Waals surface area (Å²) >= 11 is 5.59. The van der Waals surface area contributed by atoms with Crippen LogP contribution in [0.3, 0.4) is 0 Å². The van der Waals surface area contributed by atoms with Gasteiger partial charge in [0.15, 0.2) is 0 Å². The van der Waals surface area contributed by atoms with Crippen molar-refractivity contribution in [2.24, 2.45) is 5.92 Å². The van der Waals surface area contributed by atoms with Crippen LogP contribution in [0.5, 0.6) is 0 Å². The van der Waals surface area contributed by atoms with Crippen LogP contribution < -0.4 is 5.32 Å². The van der Waals surface area contributed by atoms with Gasteiger partial charge in [0, 0.05) is 22.0 Å². The first-order chi connectivity index (χ1) is 9.74. The third kappa shape index (κ3) is 2.99. The normalized spacial score (nSPS) is 27.0. The molecule has 0 aromatic carbocycles. The molecule has 0 amide bonds. The molecule has 1 aromatic rings. The van der Waals surface area contributed by atoms with Crippen molar-refractivity contribution in [3.8, 4) is 0 Å². The second kappa shape index (κ2) is 6.47. The molecule has 2 aliphatic rings. The number of nitrogens with one attached hydrogen (secondary N) is 1. The molecular weight excluding hydrogens is 334 g/mol. The highest BCUT2D eigenvalue weighted by Crippen LogP contribution is 2.46. The Morgan fingerprint density at radius 3 is 2.95 bits per heavy atom. The average molecular weight is 358 g/mol. The molecule has 1 aliphatic heterocycles. The number of hydrogen-bond donors (Lipinski definition) is 1. The monoisotopic (exact) mass is 357 g/mol. The maximum atomic E-state index is 6.20. The molecule has 2 fully saturated rings. The minimum atomic E-state index is 0.209. The third-order valence-electron chi connectivity index (χ3n) is 4.87. The van der Waals surface area contributed by atoms with Gasteiger partial charge in [-0.2, -0.15) is 0 Å². The number of rotatable bonds is 4. The molecule has 2 unspecified atom stereocenters. The SMILES string of the molecule is CCNC(c1sccc1Br)C1CCOC2(CCCC2)C1. The summed E-state index contributed by atoms with van der Waals surface area (Å²) in [5.41, 5.74) is 0.209. The van der Waals surface area contributed by atoms with Crippen molar-refractivity contribution in [2.45, 2.75) is 57.1 Å². The molecule has 4 heteroatoms. The summed E-state index contributed by atoms with van der Waals surface area (Å²) in [6.07, 6.45) is 7.66. The molecule has 0 radical (unpaired) electrons. The lowest BCUT2D eigenvalue weighted by Gasteiger charge is -2.41. The Kier molecular flexibility index (Phi) is 4.86. The van der Waals surface area contributed by atoms with Gasteiger partial charge in [0.2, 0.25) is 0 Å². The minimum Gasteiger partial charge on any atom is -0.375 e. The lowest BCUT2D eigenvalue weighted by Crippen LogP contribution is -2.41. The van der Waals surface area contributed by atoms with E-state index in [4.69, 9.17) is 4.74 Å². The van der Waals surface area contributed by atoms with Gasteiger partial charge >= 0.3 is 0 Å². The second-order valence-electron chi connectivity index (χ2n) is 6.16. The summed E-state index contributed by atoms with van der Waals surface area (Å²) in [4.78, 5) is 1.46. The number of ether oxygens (including phenoxy) is 1. The zero-order valence-corrected chi connectivity index (χ0v) is 14.6. The molecule has 0 bridgehead atoms. The first-order valence-corrected chi connectivity index (χ1v) is 9.51. The fourth-order valence-corrected chi connectivity index (χ4v) is 5.73. The standard InChI is InChI=1S/C16H24BrNOS/c1-2-18-14(15-13(17)6-10-20-15)12-5-9-19-16(11-12)7-3-4-8-16/h6,10,12,14,18H,2-5,7-9,11H2,1H3. The van der Waals surface area contributed by atoms with E-state index < -0.39 is 0 Å². The van der Waals surface area contributed by atoms with Crippen LogP contribution in [-0.2, 0) is 4.74 Å². The van der Waals surface area contributed by atoms with E-state index in [0.29, 0.717) is 12.0 Å². The molecule has 20 heavy (non-hydrogen) atoms. The quantitative estimate of drug-likeness (QED) is 0.827. The zero-order valence-electron chi connectivity index (χ0n) is 12.2. The summed E-state index contributed by atoms with van der Waals surface area (Å²) in [7, 11) is 0. The summed E-state index contributed by atoms with van der Waals surface area (Å²) in [5.74, 6) is 0.705. The van der Waals surface area contributed by atoms with Crippen LogP contribution in [0.4, 0.5) is 0 Å². The van der Waals surface area contributed by atoms with Crippen molar-refractivity contribution >= 4 is 27.3 Å². The van der Waals surface area contributed by atoms with E-state index in [1.54, 1.807) is 0 Å². The van der Waals surface area contributed by atoms with E-state index in [-0.39, 0.29) is 5.60 Å². The largest absolute Gasteiger partial charge is 0.375 e. The maximum Gasteiger partial charge on any atom is 0.0686 e. The van der Waals surface area contributed by atoms with Crippen LogP contribution in [0, 0.1) is 5.92 Å². The fourth-order valence-electron chi connectivity index (χ4n) is 3.94. The van der Waals surface area contributed by atoms with Gasteiger partial charge in [-0.1, -0.05) is 19.8 Å². The van der Waals surface area contributed by atoms with Crippen LogP contribution in [0.1, 0.15) is 56.4 Å². The molecule has 2 atom stereocenters. The Balaban J connectivity index is 1.79. The highest BCUT2D eigenvalue weighted by Gasteiger charge is 2.42. The van der Waals surface area contributed by atoms with Gasteiger partial charge in [-0.05, 0) is 65.5 Å². The van der Waals surface area contributed by atoms with Crippen molar-refractivity contribution in [2.75, 3.05) is 13.2 Å². The van der Waals surface area contributed by atoms with Gasteiger partial charge in [0.1, 0.15) is 0 Å². The predicted molar refractivity (Wildman–Crippen MR) is 88.3 cm³/mol. The van der Waals surface area contributed by atoms with E-state index in [1.807, 2.05) is 11.3 Å². The van der Waals surface area contributed by atoms with Crippen molar-refractivity contribution in [3.05, 3.63) is 20.8 Å². The molecular formula is C16H24BrNOS. The second-order valence-corrected chi connectivity index (χ2v) is 7.96. The van der Waals surface area contributed by atoms with Gasteiger partial charge in [-0.25, -0.2) is 0 Å². The minimum absolute atomic E-state index is 0.209. The molecule has 1 N–H and O–H groups in total. The third-order valence-corrected chi connectivity index (χ3v) is 6.82. The molecule has 2 heterocycles. The number of halogens is 1. The van der Waals surface area contributed by atoms with E-state index in [2.05, 4.69) is 39.6 Å². The summed E-state index contributed by atoms with van der Waals surface area (Å²) in [5, 5.41) is 5.92. The lowest BCUT2D eigenvalue weighted by molar-refractivity contribution is -0.0980. The van der Waals surface area contributed by atoms with E-state index >= 15 is 0 Å². The van der Waals surface area contributed by atoms with Crippen LogP contribution >= 0.6 is 27.3 Å². The van der Waals surface area contributed by atoms with Crippen LogP contribution in [0.2, 0.25) is 0 Å². The van der Waals surface area contributed by atoms with Gasteiger partial charge in [-0.15, -0.1) is 11.3 Å². The average Bonchev–Trinajstić information content (AvgIpc) is 3.06. The molecule has 3 rings (SSSR count). The summed E-state index contributed by atoms with van der Waals surface area (Å²) in [6, 6.07) is 2.66. The highest BCUT2D eigenvalue weighted by molar-refractivity contribution is 9.10. The maximum absolute atomic E-state index is 6.20. The van der Waals surface area contributed by atoms with Crippen LogP contribution in [0.15, 0.2) is 15.9 Å². The van der Waals surface area contributed by atoms with Gasteiger partial charge < -0.3 is 10.1 Å². The molecule has 112 valence electrons. The Bertz CT molecular complexity index is 441. The van der Waals surface area contributed by atoms with Gasteiger partial charge in [0.25, 0.3) is 0 Å². The molecule has 1 saturated carbocycles. The van der Waals surface area contributed by atoms with Crippen molar-refractivity contribution < 1.29 is 4.74 Å². The van der Waals surface area contributed by atoms with Crippen molar-refractivity contribution in [3.63, 3.8) is 0 Å². The molecule has 1 aliphatic carbocycles. The Morgan fingerprint density at radius 1 is 1.50 bits per heavy atom. The smallest absolute Gasteiger partial charge is 0.0686 e. The van der Waals surface area contributed by atoms with Crippen LogP contribution in [-0.4, -0.2) is 18.8 Å². The zero-order chi connectivity index (χ0) is 14.0. The topological polar surface area (TPSA) is 21.3 Å². The number of hydrogen-bond acceptors (Lipinski definition) is 3. The van der Waals surface area contributed by atoms with E-state index in [1.165, 1.54) is 47.9 Å². The highest BCUT2D eigenvalue weighted by atomic mass is 79.9.